The topological polar surface area (TPSA) is 46.3 Å². The molecule has 3 nitrogen and oxygen atoms in total. The molecule has 2 aromatic heterocycles. The molecule has 1 N–H and O–H groups in total. The smallest absolute Gasteiger partial charge is 0.135 e. The fourth-order valence-electron chi connectivity index (χ4n) is 1.56. The van der Waals surface area contributed by atoms with E-state index >= 15 is 0 Å². The number of pyridine rings is 1. The van der Waals surface area contributed by atoms with E-state index in [4.69, 9.17) is 4.42 Å². The fraction of sp³-hybridized carbons (Fsp3) is 0.250. The first kappa shape index (κ1) is 9.93. The summed E-state index contributed by atoms with van der Waals surface area (Å²) in [5.41, 5.74) is 2.03. The van der Waals surface area contributed by atoms with Crippen LogP contribution in [0, 0.1) is 6.92 Å². The first-order chi connectivity index (χ1) is 7.27. The molecule has 1 unspecified atom stereocenters. The van der Waals surface area contributed by atoms with Crippen LogP contribution in [0.1, 0.15) is 23.0 Å². The molecular weight excluding hydrogens is 190 g/mol. The van der Waals surface area contributed by atoms with Crippen molar-refractivity contribution in [1.29, 1.82) is 0 Å². The van der Waals surface area contributed by atoms with Gasteiger partial charge in [-0.15, -0.1) is 0 Å². The van der Waals surface area contributed by atoms with E-state index in [9.17, 15) is 5.11 Å². The number of rotatable bonds is 3. The van der Waals surface area contributed by atoms with Crippen molar-refractivity contribution < 1.29 is 9.52 Å². The highest BCUT2D eigenvalue weighted by molar-refractivity contribution is 5.20. The molecular formula is C12H13NO2. The standard InChI is InChI=1S/C12H13NO2/c1-9-4-7-15-12(9)11(14)8-10-2-5-13-6-3-10/h2-7,11,14H,8H2,1H3. The molecule has 1 atom stereocenters. The summed E-state index contributed by atoms with van der Waals surface area (Å²) in [6.07, 6.45) is 5.01. The summed E-state index contributed by atoms with van der Waals surface area (Å²) < 4.78 is 5.23. The van der Waals surface area contributed by atoms with Gasteiger partial charge in [0.15, 0.2) is 0 Å². The third-order valence-corrected chi connectivity index (χ3v) is 2.38. The van der Waals surface area contributed by atoms with Gasteiger partial charge in [-0.1, -0.05) is 0 Å². The fourth-order valence-corrected chi connectivity index (χ4v) is 1.56. The molecule has 0 fully saturated rings. The molecule has 0 amide bonds. The van der Waals surface area contributed by atoms with Crippen molar-refractivity contribution in [1.82, 2.24) is 4.98 Å². The lowest BCUT2D eigenvalue weighted by atomic mass is 10.1. The lowest BCUT2D eigenvalue weighted by molar-refractivity contribution is 0.149. The van der Waals surface area contributed by atoms with Crippen LogP contribution in [0.4, 0.5) is 0 Å². The van der Waals surface area contributed by atoms with E-state index in [1.807, 2.05) is 25.1 Å². The normalized spacial score (nSPS) is 12.7. The van der Waals surface area contributed by atoms with E-state index < -0.39 is 6.10 Å². The third-order valence-electron chi connectivity index (χ3n) is 2.38. The number of nitrogens with zero attached hydrogens (tertiary/aromatic N) is 1. The molecule has 0 saturated carbocycles. The summed E-state index contributed by atoms with van der Waals surface area (Å²) >= 11 is 0. The van der Waals surface area contributed by atoms with Gasteiger partial charge in [0.05, 0.1) is 6.26 Å². The Labute approximate surface area is 88.4 Å². The van der Waals surface area contributed by atoms with Crippen LogP contribution < -0.4 is 0 Å². The molecule has 0 aliphatic rings. The average Bonchev–Trinajstić information content (AvgIpc) is 2.66. The molecule has 0 spiro atoms. The molecule has 0 radical (unpaired) electrons. The van der Waals surface area contributed by atoms with Crippen molar-refractivity contribution >= 4 is 0 Å². The van der Waals surface area contributed by atoms with Gasteiger partial charge in [0.2, 0.25) is 0 Å². The molecule has 0 saturated heterocycles. The Morgan fingerprint density at radius 3 is 2.67 bits per heavy atom. The van der Waals surface area contributed by atoms with E-state index in [2.05, 4.69) is 4.98 Å². The second-order valence-corrected chi connectivity index (χ2v) is 3.54. The maximum atomic E-state index is 9.93. The highest BCUT2D eigenvalue weighted by Crippen LogP contribution is 2.21. The number of furan rings is 1. The molecule has 2 rings (SSSR count). The Hall–Kier alpha value is -1.61. The van der Waals surface area contributed by atoms with E-state index in [0.717, 1.165) is 11.1 Å². The van der Waals surface area contributed by atoms with Crippen LogP contribution in [-0.2, 0) is 6.42 Å². The largest absolute Gasteiger partial charge is 0.466 e. The average molecular weight is 203 g/mol. The lowest BCUT2D eigenvalue weighted by Gasteiger charge is -2.08. The van der Waals surface area contributed by atoms with Gasteiger partial charge in [0, 0.05) is 18.8 Å². The van der Waals surface area contributed by atoms with Crippen molar-refractivity contribution in [2.75, 3.05) is 0 Å². The van der Waals surface area contributed by atoms with Gasteiger partial charge in [-0.2, -0.15) is 0 Å². The highest BCUT2D eigenvalue weighted by atomic mass is 16.4. The monoisotopic (exact) mass is 203 g/mol. The number of aryl methyl sites for hydroxylation is 1. The highest BCUT2D eigenvalue weighted by Gasteiger charge is 2.14. The lowest BCUT2D eigenvalue weighted by Crippen LogP contribution is -2.01. The second kappa shape index (κ2) is 4.28. The van der Waals surface area contributed by atoms with Crippen LogP contribution in [-0.4, -0.2) is 10.1 Å². The summed E-state index contributed by atoms with van der Waals surface area (Å²) in [4.78, 5) is 3.93. The minimum absolute atomic E-state index is 0.552. The van der Waals surface area contributed by atoms with Gasteiger partial charge in [-0.3, -0.25) is 4.98 Å². The second-order valence-electron chi connectivity index (χ2n) is 3.54. The third kappa shape index (κ3) is 2.25. The minimum Gasteiger partial charge on any atom is -0.466 e. The van der Waals surface area contributed by atoms with E-state index in [0.29, 0.717) is 12.2 Å². The van der Waals surface area contributed by atoms with E-state index in [-0.39, 0.29) is 0 Å². The van der Waals surface area contributed by atoms with Crippen LogP contribution in [0.15, 0.2) is 41.3 Å². The summed E-state index contributed by atoms with van der Waals surface area (Å²) in [6, 6.07) is 5.63. The Balaban J connectivity index is 2.11. The number of aliphatic hydroxyl groups is 1. The van der Waals surface area contributed by atoms with E-state index in [1.165, 1.54) is 0 Å². The maximum Gasteiger partial charge on any atom is 0.135 e. The molecule has 0 bridgehead atoms. The Morgan fingerprint density at radius 1 is 1.33 bits per heavy atom. The SMILES string of the molecule is Cc1ccoc1C(O)Cc1ccncc1. The number of hydrogen-bond acceptors (Lipinski definition) is 3. The predicted octanol–water partition coefficient (Wildman–Crippen LogP) is 2.26. The summed E-state index contributed by atoms with van der Waals surface area (Å²) in [6.45, 7) is 1.93. The zero-order chi connectivity index (χ0) is 10.7. The molecule has 2 aromatic rings. The van der Waals surface area contributed by atoms with Crippen LogP contribution in [0.25, 0.3) is 0 Å². The Morgan fingerprint density at radius 2 is 2.07 bits per heavy atom. The van der Waals surface area contributed by atoms with Gasteiger partial charge in [0.1, 0.15) is 11.9 Å². The van der Waals surface area contributed by atoms with Gasteiger partial charge in [-0.05, 0) is 36.2 Å². The van der Waals surface area contributed by atoms with Crippen molar-refractivity contribution in [3.63, 3.8) is 0 Å². The number of aliphatic hydroxyl groups excluding tert-OH is 1. The molecule has 3 heteroatoms. The Kier molecular flexibility index (Phi) is 2.83. The number of aromatic nitrogens is 1. The Bertz CT molecular complexity index is 422. The predicted molar refractivity (Wildman–Crippen MR) is 56.3 cm³/mol. The van der Waals surface area contributed by atoms with Gasteiger partial charge >= 0.3 is 0 Å². The first-order valence-electron chi connectivity index (χ1n) is 4.88. The summed E-state index contributed by atoms with van der Waals surface area (Å²) in [5.74, 6) is 0.645. The summed E-state index contributed by atoms with van der Waals surface area (Å²) in [7, 11) is 0. The van der Waals surface area contributed by atoms with Crippen molar-refractivity contribution in [2.24, 2.45) is 0 Å². The number of hydrogen-bond donors (Lipinski definition) is 1. The summed E-state index contributed by atoms with van der Waals surface area (Å²) in [5, 5.41) is 9.93. The molecule has 2 heterocycles. The van der Waals surface area contributed by atoms with Crippen LogP contribution in [0.2, 0.25) is 0 Å². The molecule has 0 aromatic carbocycles. The maximum absolute atomic E-state index is 9.93. The molecule has 78 valence electrons. The molecule has 15 heavy (non-hydrogen) atoms. The van der Waals surface area contributed by atoms with Crippen LogP contribution in [0.3, 0.4) is 0 Å². The van der Waals surface area contributed by atoms with Crippen molar-refractivity contribution in [3.05, 3.63) is 53.7 Å². The van der Waals surface area contributed by atoms with Gasteiger partial charge < -0.3 is 9.52 Å². The molecule has 0 aliphatic carbocycles. The quantitative estimate of drug-likeness (QED) is 0.832. The minimum atomic E-state index is -0.581. The zero-order valence-corrected chi connectivity index (χ0v) is 8.55. The van der Waals surface area contributed by atoms with E-state index in [1.54, 1.807) is 18.7 Å². The van der Waals surface area contributed by atoms with Crippen LogP contribution >= 0.6 is 0 Å². The van der Waals surface area contributed by atoms with Gasteiger partial charge in [-0.25, -0.2) is 0 Å². The van der Waals surface area contributed by atoms with Crippen molar-refractivity contribution in [2.45, 2.75) is 19.4 Å². The van der Waals surface area contributed by atoms with Crippen molar-refractivity contribution in [3.8, 4) is 0 Å². The van der Waals surface area contributed by atoms with Gasteiger partial charge in [0.25, 0.3) is 0 Å². The molecule has 0 aliphatic heterocycles. The first-order valence-corrected chi connectivity index (χ1v) is 4.88. The zero-order valence-electron chi connectivity index (χ0n) is 8.55. The van der Waals surface area contributed by atoms with Crippen LogP contribution in [0.5, 0.6) is 0 Å².